The Morgan fingerprint density at radius 2 is 1.75 bits per heavy atom. The molecule has 2 N–H and O–H groups in total. The van der Waals surface area contributed by atoms with Crippen molar-refractivity contribution >= 4 is 5.95 Å². The normalized spacial score (nSPS) is 10.4. The highest BCUT2D eigenvalue weighted by atomic mass is 16.5. The summed E-state index contributed by atoms with van der Waals surface area (Å²) in [6, 6.07) is 15.2. The van der Waals surface area contributed by atoms with Gasteiger partial charge in [0.15, 0.2) is 5.69 Å². The highest BCUT2D eigenvalue weighted by molar-refractivity contribution is 5.58. The molecule has 2 aromatic carbocycles. The van der Waals surface area contributed by atoms with E-state index in [0.29, 0.717) is 18.1 Å². The monoisotopic (exact) mass is 322 g/mol. The molecule has 0 aliphatic carbocycles. The molecule has 0 saturated heterocycles. The first-order chi connectivity index (χ1) is 11.7. The van der Waals surface area contributed by atoms with Gasteiger partial charge in [0.25, 0.3) is 5.56 Å². The van der Waals surface area contributed by atoms with Crippen molar-refractivity contribution in [2.45, 2.75) is 13.5 Å². The van der Waals surface area contributed by atoms with Crippen LogP contribution in [-0.4, -0.2) is 22.3 Å². The summed E-state index contributed by atoms with van der Waals surface area (Å²) in [5, 5.41) is 11.1. The number of hydrogen-bond donors (Lipinski definition) is 2. The minimum absolute atomic E-state index is 0.276. The number of aromatic nitrogens is 3. The Labute approximate surface area is 139 Å². The standard InChI is InChI=1S/C18H18N4O2/c1-12-3-5-13(6-4-12)11-19-18-20-17(23)16(21-22-18)14-7-9-15(24-2)10-8-14/h3-10H,11H2,1-2H3,(H2,19,20,22,23). The zero-order chi connectivity index (χ0) is 16.9. The lowest BCUT2D eigenvalue weighted by atomic mass is 10.1. The quantitative estimate of drug-likeness (QED) is 0.755. The average Bonchev–Trinajstić information content (AvgIpc) is 2.61. The molecule has 0 amide bonds. The van der Waals surface area contributed by atoms with Gasteiger partial charge in [-0.25, -0.2) is 0 Å². The summed E-state index contributed by atoms with van der Waals surface area (Å²) in [5.41, 5.74) is 2.98. The minimum Gasteiger partial charge on any atom is -0.497 e. The van der Waals surface area contributed by atoms with Crippen molar-refractivity contribution in [3.05, 3.63) is 70.0 Å². The second-order valence-electron chi connectivity index (χ2n) is 5.42. The highest BCUT2D eigenvalue weighted by Gasteiger charge is 2.07. The third-order valence-electron chi connectivity index (χ3n) is 3.64. The fourth-order valence-electron chi connectivity index (χ4n) is 2.25. The Morgan fingerprint density at radius 1 is 1.04 bits per heavy atom. The van der Waals surface area contributed by atoms with Crippen molar-refractivity contribution in [1.82, 2.24) is 15.2 Å². The summed E-state index contributed by atoms with van der Waals surface area (Å²) in [6.45, 7) is 2.60. The van der Waals surface area contributed by atoms with Crippen LogP contribution in [0.4, 0.5) is 5.95 Å². The number of nitrogens with one attached hydrogen (secondary N) is 2. The molecule has 0 spiro atoms. The van der Waals surface area contributed by atoms with Crippen LogP contribution in [0.3, 0.4) is 0 Å². The van der Waals surface area contributed by atoms with Gasteiger partial charge >= 0.3 is 0 Å². The largest absolute Gasteiger partial charge is 0.497 e. The fraction of sp³-hybridized carbons (Fsp3) is 0.167. The van der Waals surface area contributed by atoms with E-state index in [2.05, 4.69) is 20.5 Å². The zero-order valence-electron chi connectivity index (χ0n) is 13.5. The first kappa shape index (κ1) is 15.7. The lowest BCUT2D eigenvalue weighted by Crippen LogP contribution is -2.16. The number of methoxy groups -OCH3 is 1. The van der Waals surface area contributed by atoms with E-state index in [1.807, 2.05) is 31.2 Å². The molecule has 0 fully saturated rings. The molecule has 0 unspecified atom stereocenters. The van der Waals surface area contributed by atoms with Crippen LogP contribution >= 0.6 is 0 Å². The summed E-state index contributed by atoms with van der Waals surface area (Å²) in [5.74, 6) is 1.07. The molecule has 1 heterocycles. The molecular weight excluding hydrogens is 304 g/mol. The van der Waals surface area contributed by atoms with Gasteiger partial charge < -0.3 is 10.1 Å². The van der Waals surface area contributed by atoms with Gasteiger partial charge in [0.05, 0.1) is 7.11 Å². The van der Waals surface area contributed by atoms with Crippen molar-refractivity contribution in [3.8, 4) is 17.0 Å². The SMILES string of the molecule is COc1ccc(-c2nnc(NCc3ccc(C)cc3)[nH]c2=O)cc1. The molecule has 0 aliphatic rings. The molecule has 0 saturated carbocycles. The number of benzene rings is 2. The maximum atomic E-state index is 12.2. The second kappa shape index (κ2) is 6.95. The Hall–Kier alpha value is -3.15. The highest BCUT2D eigenvalue weighted by Crippen LogP contribution is 2.17. The van der Waals surface area contributed by atoms with Gasteiger partial charge in [-0.3, -0.25) is 9.78 Å². The molecule has 0 radical (unpaired) electrons. The summed E-state index contributed by atoms with van der Waals surface area (Å²) in [7, 11) is 1.59. The number of aryl methyl sites for hydroxylation is 1. The number of ether oxygens (including phenoxy) is 1. The lowest BCUT2D eigenvalue weighted by Gasteiger charge is -2.06. The zero-order valence-corrected chi connectivity index (χ0v) is 13.5. The van der Waals surface area contributed by atoms with E-state index in [9.17, 15) is 4.79 Å². The number of H-pyrrole nitrogens is 1. The third-order valence-corrected chi connectivity index (χ3v) is 3.64. The number of aromatic amines is 1. The van der Waals surface area contributed by atoms with Crippen LogP contribution in [0.25, 0.3) is 11.3 Å². The number of rotatable bonds is 5. The van der Waals surface area contributed by atoms with E-state index in [-0.39, 0.29) is 11.3 Å². The van der Waals surface area contributed by atoms with E-state index < -0.39 is 0 Å². The molecule has 24 heavy (non-hydrogen) atoms. The average molecular weight is 322 g/mol. The second-order valence-corrected chi connectivity index (χ2v) is 5.42. The van der Waals surface area contributed by atoms with E-state index in [1.54, 1.807) is 31.4 Å². The van der Waals surface area contributed by atoms with E-state index >= 15 is 0 Å². The van der Waals surface area contributed by atoms with Crippen LogP contribution in [0.2, 0.25) is 0 Å². The fourth-order valence-corrected chi connectivity index (χ4v) is 2.25. The van der Waals surface area contributed by atoms with Gasteiger partial charge in [0.2, 0.25) is 5.95 Å². The van der Waals surface area contributed by atoms with Gasteiger partial charge in [-0.2, -0.15) is 0 Å². The first-order valence-corrected chi connectivity index (χ1v) is 7.56. The van der Waals surface area contributed by atoms with Gasteiger partial charge in [0, 0.05) is 12.1 Å². The Morgan fingerprint density at radius 3 is 2.38 bits per heavy atom. The van der Waals surface area contributed by atoms with Crippen molar-refractivity contribution in [1.29, 1.82) is 0 Å². The lowest BCUT2D eigenvalue weighted by molar-refractivity contribution is 0.415. The van der Waals surface area contributed by atoms with Crippen LogP contribution in [0.5, 0.6) is 5.75 Å². The predicted molar refractivity (Wildman–Crippen MR) is 93.1 cm³/mol. The summed E-state index contributed by atoms with van der Waals surface area (Å²) in [4.78, 5) is 14.9. The molecule has 6 heteroatoms. The molecule has 0 atom stereocenters. The molecule has 122 valence electrons. The van der Waals surface area contributed by atoms with Crippen molar-refractivity contribution in [3.63, 3.8) is 0 Å². The smallest absolute Gasteiger partial charge is 0.279 e. The minimum atomic E-state index is -0.290. The third kappa shape index (κ3) is 3.60. The van der Waals surface area contributed by atoms with Crippen LogP contribution in [-0.2, 0) is 6.54 Å². The van der Waals surface area contributed by atoms with E-state index in [0.717, 1.165) is 11.3 Å². The van der Waals surface area contributed by atoms with Crippen molar-refractivity contribution < 1.29 is 4.74 Å². The van der Waals surface area contributed by atoms with Crippen LogP contribution in [0.15, 0.2) is 53.3 Å². The van der Waals surface area contributed by atoms with E-state index in [4.69, 9.17) is 4.74 Å². The number of nitrogens with zero attached hydrogens (tertiary/aromatic N) is 2. The molecule has 3 rings (SSSR count). The van der Waals surface area contributed by atoms with Gasteiger partial charge in [-0.05, 0) is 36.8 Å². The van der Waals surface area contributed by atoms with Gasteiger partial charge in [0.1, 0.15) is 5.75 Å². The Balaban J connectivity index is 1.74. The molecule has 6 nitrogen and oxygen atoms in total. The maximum absolute atomic E-state index is 12.2. The van der Waals surface area contributed by atoms with Crippen LogP contribution in [0, 0.1) is 6.92 Å². The predicted octanol–water partition coefficient (Wildman–Crippen LogP) is 2.76. The van der Waals surface area contributed by atoms with Gasteiger partial charge in [-0.15, -0.1) is 10.2 Å². The maximum Gasteiger partial charge on any atom is 0.279 e. The van der Waals surface area contributed by atoms with Gasteiger partial charge in [-0.1, -0.05) is 29.8 Å². The van der Waals surface area contributed by atoms with Crippen molar-refractivity contribution in [2.75, 3.05) is 12.4 Å². The molecule has 0 aliphatic heterocycles. The summed E-state index contributed by atoms with van der Waals surface area (Å²) in [6.07, 6.45) is 0. The molecule has 1 aromatic heterocycles. The van der Waals surface area contributed by atoms with E-state index in [1.165, 1.54) is 5.56 Å². The topological polar surface area (TPSA) is 79.9 Å². The van der Waals surface area contributed by atoms with Crippen LogP contribution < -0.4 is 15.6 Å². The summed E-state index contributed by atoms with van der Waals surface area (Å²) >= 11 is 0. The molecular formula is C18H18N4O2. The number of anilines is 1. The number of hydrogen-bond acceptors (Lipinski definition) is 5. The molecule has 3 aromatic rings. The molecule has 0 bridgehead atoms. The van der Waals surface area contributed by atoms with Crippen LogP contribution in [0.1, 0.15) is 11.1 Å². The first-order valence-electron chi connectivity index (χ1n) is 7.56. The Bertz CT molecular complexity index is 871. The summed E-state index contributed by atoms with van der Waals surface area (Å²) < 4.78 is 5.10. The van der Waals surface area contributed by atoms with Crippen molar-refractivity contribution in [2.24, 2.45) is 0 Å². The Kier molecular flexibility index (Phi) is 4.56.